The topological polar surface area (TPSA) is 95.7 Å². The number of nitrogens with zero attached hydrogens (tertiary/aromatic N) is 2. The molecule has 1 aliphatic carbocycles. The summed E-state index contributed by atoms with van der Waals surface area (Å²) in [5, 5.41) is 7.07. The summed E-state index contributed by atoms with van der Waals surface area (Å²) < 4.78 is 22.3. The first kappa shape index (κ1) is 24.3. The number of carbonyl (C=O) groups excluding carboxylic acids is 1. The second kappa shape index (κ2) is 10.2. The van der Waals surface area contributed by atoms with Gasteiger partial charge in [0.05, 0.1) is 19.6 Å². The quantitative estimate of drug-likeness (QED) is 0.455. The van der Waals surface area contributed by atoms with Gasteiger partial charge in [-0.05, 0) is 64.3 Å². The molecule has 184 valence electrons. The van der Waals surface area contributed by atoms with Crippen molar-refractivity contribution < 1.29 is 23.5 Å². The molecule has 4 rings (SSSR count). The summed E-state index contributed by atoms with van der Waals surface area (Å²) in [5.74, 6) is 2.43. The zero-order chi connectivity index (χ0) is 25.0. The van der Waals surface area contributed by atoms with E-state index in [-0.39, 0.29) is 0 Å². The van der Waals surface area contributed by atoms with Gasteiger partial charge in [0.15, 0.2) is 11.5 Å². The fraction of sp³-hybridized carbons (Fsp3) is 0.370. The SMILES string of the molecule is CCOc1ccc(Cc2nc(-c3cccc4c3CC=C4NC(=O)OC(C)(C)C)no2)cc1OCC. The zero-order valence-electron chi connectivity index (χ0n) is 20.8. The third kappa shape index (κ3) is 5.82. The van der Waals surface area contributed by atoms with Crippen molar-refractivity contribution in [2.75, 3.05) is 13.2 Å². The highest BCUT2D eigenvalue weighted by Crippen LogP contribution is 2.34. The van der Waals surface area contributed by atoms with Gasteiger partial charge in [0.25, 0.3) is 0 Å². The van der Waals surface area contributed by atoms with Gasteiger partial charge in [-0.2, -0.15) is 4.98 Å². The molecule has 0 spiro atoms. The van der Waals surface area contributed by atoms with E-state index in [1.807, 2.05) is 77.1 Å². The highest BCUT2D eigenvalue weighted by Gasteiger charge is 2.24. The van der Waals surface area contributed by atoms with Crippen LogP contribution in [-0.2, 0) is 17.6 Å². The lowest BCUT2D eigenvalue weighted by molar-refractivity contribution is 0.0558. The highest BCUT2D eigenvalue weighted by molar-refractivity contribution is 5.87. The van der Waals surface area contributed by atoms with Gasteiger partial charge in [0.2, 0.25) is 11.7 Å². The van der Waals surface area contributed by atoms with Crippen molar-refractivity contribution >= 4 is 11.8 Å². The minimum absolute atomic E-state index is 0.470. The lowest BCUT2D eigenvalue weighted by Crippen LogP contribution is -2.31. The number of allylic oxidation sites excluding steroid dienone is 1. The van der Waals surface area contributed by atoms with Crippen LogP contribution in [-0.4, -0.2) is 35.0 Å². The standard InChI is InChI=1S/C27H31N3O5/c1-6-32-22-14-11-17(15-23(22)33-7-2)16-24-29-25(30-35-24)20-10-8-9-19-18(20)12-13-21(19)28-26(31)34-27(3,4)5/h8-11,13-15H,6-7,12,16H2,1-5H3,(H,28,31). The second-order valence-electron chi connectivity index (χ2n) is 9.12. The maximum Gasteiger partial charge on any atom is 0.412 e. The molecular formula is C27H31N3O5. The molecule has 0 aliphatic heterocycles. The van der Waals surface area contributed by atoms with E-state index in [4.69, 9.17) is 18.7 Å². The van der Waals surface area contributed by atoms with Crippen LogP contribution in [0.2, 0.25) is 0 Å². The predicted molar refractivity (Wildman–Crippen MR) is 132 cm³/mol. The monoisotopic (exact) mass is 477 g/mol. The summed E-state index contributed by atoms with van der Waals surface area (Å²) in [7, 11) is 0. The molecule has 3 aromatic rings. The number of ether oxygens (including phenoxy) is 3. The van der Waals surface area contributed by atoms with Crippen LogP contribution in [0.4, 0.5) is 4.79 Å². The Hall–Kier alpha value is -3.81. The average molecular weight is 478 g/mol. The number of aromatic nitrogens is 2. The summed E-state index contributed by atoms with van der Waals surface area (Å²) in [6.07, 6.45) is 2.61. The van der Waals surface area contributed by atoms with E-state index in [1.54, 1.807) is 0 Å². The van der Waals surface area contributed by atoms with E-state index >= 15 is 0 Å². The number of nitrogens with one attached hydrogen (secondary N) is 1. The maximum atomic E-state index is 12.2. The Morgan fingerprint density at radius 1 is 1.06 bits per heavy atom. The Labute approximate surface area is 205 Å². The van der Waals surface area contributed by atoms with E-state index < -0.39 is 11.7 Å². The minimum Gasteiger partial charge on any atom is -0.490 e. The lowest BCUT2D eigenvalue weighted by atomic mass is 10.0. The average Bonchev–Trinajstić information content (AvgIpc) is 3.42. The number of fused-ring (bicyclic) bond motifs is 1. The molecule has 1 N–H and O–H groups in total. The van der Waals surface area contributed by atoms with Gasteiger partial charge in [-0.15, -0.1) is 0 Å². The van der Waals surface area contributed by atoms with Gasteiger partial charge in [-0.3, -0.25) is 5.32 Å². The molecule has 0 saturated carbocycles. The zero-order valence-corrected chi connectivity index (χ0v) is 20.8. The van der Waals surface area contributed by atoms with Gasteiger partial charge in [-0.25, -0.2) is 4.79 Å². The van der Waals surface area contributed by atoms with Crippen LogP contribution in [0.5, 0.6) is 11.5 Å². The number of benzene rings is 2. The van der Waals surface area contributed by atoms with Crippen LogP contribution in [0, 0.1) is 0 Å². The Kier molecular flexibility index (Phi) is 7.10. The van der Waals surface area contributed by atoms with Gasteiger partial charge in [0, 0.05) is 16.8 Å². The van der Waals surface area contributed by atoms with E-state index in [1.165, 1.54) is 0 Å². The first-order chi connectivity index (χ1) is 16.8. The molecule has 0 atom stereocenters. The Bertz CT molecular complexity index is 1240. The molecule has 35 heavy (non-hydrogen) atoms. The third-order valence-electron chi connectivity index (χ3n) is 5.28. The molecular weight excluding hydrogens is 446 g/mol. The van der Waals surface area contributed by atoms with E-state index in [2.05, 4.69) is 15.5 Å². The lowest BCUT2D eigenvalue weighted by Gasteiger charge is -2.20. The number of carbonyl (C=O) groups is 1. The molecule has 1 aliphatic rings. The minimum atomic E-state index is -0.568. The van der Waals surface area contributed by atoms with E-state index in [0.29, 0.717) is 49.3 Å². The molecule has 8 heteroatoms. The molecule has 0 radical (unpaired) electrons. The molecule has 0 bridgehead atoms. The van der Waals surface area contributed by atoms with Crippen LogP contribution in [0.25, 0.3) is 17.1 Å². The van der Waals surface area contributed by atoms with Crippen LogP contribution in [0.15, 0.2) is 47.0 Å². The predicted octanol–water partition coefficient (Wildman–Crippen LogP) is 5.55. The summed E-state index contributed by atoms with van der Waals surface area (Å²) in [4.78, 5) is 16.9. The van der Waals surface area contributed by atoms with Crippen molar-refractivity contribution in [2.24, 2.45) is 0 Å². The fourth-order valence-electron chi connectivity index (χ4n) is 3.93. The van der Waals surface area contributed by atoms with Crippen LogP contribution in [0.1, 0.15) is 57.2 Å². The molecule has 8 nitrogen and oxygen atoms in total. The normalized spacial score (nSPS) is 12.7. The Morgan fingerprint density at radius 2 is 1.80 bits per heavy atom. The number of hydrogen-bond donors (Lipinski definition) is 1. The van der Waals surface area contributed by atoms with Crippen molar-refractivity contribution in [3.8, 4) is 22.9 Å². The molecule has 0 fully saturated rings. The number of amides is 1. The van der Waals surface area contributed by atoms with Crippen molar-refractivity contribution in [2.45, 2.75) is 53.1 Å². The Morgan fingerprint density at radius 3 is 2.54 bits per heavy atom. The van der Waals surface area contributed by atoms with Crippen molar-refractivity contribution in [1.82, 2.24) is 15.5 Å². The fourth-order valence-corrected chi connectivity index (χ4v) is 3.93. The summed E-state index contributed by atoms with van der Waals surface area (Å²) >= 11 is 0. The van der Waals surface area contributed by atoms with Gasteiger partial charge < -0.3 is 18.7 Å². The summed E-state index contributed by atoms with van der Waals surface area (Å²) in [6, 6.07) is 11.7. The van der Waals surface area contributed by atoms with Gasteiger partial charge >= 0.3 is 6.09 Å². The van der Waals surface area contributed by atoms with Crippen LogP contribution < -0.4 is 14.8 Å². The van der Waals surface area contributed by atoms with Crippen molar-refractivity contribution in [1.29, 1.82) is 0 Å². The van der Waals surface area contributed by atoms with Crippen molar-refractivity contribution in [3.63, 3.8) is 0 Å². The van der Waals surface area contributed by atoms with Crippen LogP contribution in [0.3, 0.4) is 0 Å². The van der Waals surface area contributed by atoms with Gasteiger partial charge in [-0.1, -0.05) is 35.5 Å². The second-order valence-corrected chi connectivity index (χ2v) is 9.12. The number of hydrogen-bond acceptors (Lipinski definition) is 7. The molecule has 1 amide bonds. The number of alkyl carbamates (subject to hydrolysis) is 1. The first-order valence-electron chi connectivity index (χ1n) is 11.8. The number of rotatable bonds is 8. The highest BCUT2D eigenvalue weighted by atomic mass is 16.6. The molecule has 2 aromatic carbocycles. The maximum absolute atomic E-state index is 12.2. The van der Waals surface area contributed by atoms with Crippen LogP contribution >= 0.6 is 0 Å². The Balaban J connectivity index is 1.51. The molecule has 0 saturated heterocycles. The van der Waals surface area contributed by atoms with E-state index in [9.17, 15) is 4.79 Å². The largest absolute Gasteiger partial charge is 0.490 e. The third-order valence-corrected chi connectivity index (χ3v) is 5.28. The van der Waals surface area contributed by atoms with E-state index in [0.717, 1.165) is 28.0 Å². The molecule has 1 aromatic heterocycles. The smallest absolute Gasteiger partial charge is 0.412 e. The molecule has 0 unspecified atom stereocenters. The van der Waals surface area contributed by atoms with Gasteiger partial charge in [0.1, 0.15) is 5.60 Å². The first-order valence-corrected chi connectivity index (χ1v) is 11.8. The summed E-state index contributed by atoms with van der Waals surface area (Å²) in [6.45, 7) is 10.5. The summed E-state index contributed by atoms with van der Waals surface area (Å²) in [5.41, 5.74) is 3.96. The molecule has 1 heterocycles. The van der Waals surface area contributed by atoms with Crippen molar-refractivity contribution in [3.05, 3.63) is 65.1 Å².